The van der Waals surface area contributed by atoms with Crippen LogP contribution in [-0.4, -0.2) is 6.61 Å². The van der Waals surface area contributed by atoms with Crippen molar-refractivity contribution in [3.8, 4) is 11.5 Å². The maximum absolute atomic E-state index is 13.1. The molecular weight excluding hydrogens is 475 g/mol. The third kappa shape index (κ3) is 5.58. The van der Waals surface area contributed by atoms with Crippen LogP contribution in [0.3, 0.4) is 0 Å². The third-order valence-corrected chi connectivity index (χ3v) is 4.81. The molecule has 1 N–H and O–H groups in total. The molecule has 6 heteroatoms. The number of hydrogen-bond acceptors (Lipinski definition) is 3. The highest BCUT2D eigenvalue weighted by Gasteiger charge is 2.13. The van der Waals surface area contributed by atoms with Gasteiger partial charge in [0.25, 0.3) is 0 Å². The molecule has 0 aliphatic heterocycles. The summed E-state index contributed by atoms with van der Waals surface area (Å²) >= 11 is 2.22. The Balaban J connectivity index is 1.73. The van der Waals surface area contributed by atoms with Gasteiger partial charge in [0, 0.05) is 12.2 Å². The second kappa shape index (κ2) is 9.73. The topological polar surface area (TPSA) is 30.5 Å². The molecule has 0 bridgehead atoms. The second-order valence-corrected chi connectivity index (χ2v) is 7.28. The monoisotopic (exact) mass is 495 g/mol. The highest BCUT2D eigenvalue weighted by molar-refractivity contribution is 14.1. The molecule has 0 aromatic heterocycles. The van der Waals surface area contributed by atoms with Crippen LogP contribution in [-0.2, 0) is 13.2 Å². The maximum atomic E-state index is 13.1. The molecule has 0 amide bonds. The first kappa shape index (κ1) is 20.4. The summed E-state index contributed by atoms with van der Waals surface area (Å²) in [6.07, 6.45) is 0. The van der Waals surface area contributed by atoms with Crippen molar-refractivity contribution in [2.75, 3.05) is 11.9 Å². The van der Waals surface area contributed by atoms with Gasteiger partial charge in [-0.1, -0.05) is 12.1 Å². The largest absolute Gasteiger partial charge is 0.490 e. The van der Waals surface area contributed by atoms with E-state index in [-0.39, 0.29) is 11.6 Å². The first-order valence-corrected chi connectivity index (χ1v) is 9.95. The first-order chi connectivity index (χ1) is 13.5. The van der Waals surface area contributed by atoms with E-state index >= 15 is 0 Å². The molecule has 3 aromatic rings. The first-order valence-electron chi connectivity index (χ1n) is 8.87. The van der Waals surface area contributed by atoms with Crippen LogP contribution in [0, 0.1) is 15.2 Å². The van der Waals surface area contributed by atoms with Crippen LogP contribution in [0.5, 0.6) is 11.5 Å². The predicted octanol–water partition coefficient (Wildman–Crippen LogP) is 6.16. The number of benzene rings is 3. The Morgan fingerprint density at radius 1 is 0.857 bits per heavy atom. The number of ether oxygens (including phenoxy) is 2. The normalized spacial score (nSPS) is 10.6. The summed E-state index contributed by atoms with van der Waals surface area (Å²) in [6.45, 7) is 3.32. The minimum Gasteiger partial charge on any atom is -0.490 e. The van der Waals surface area contributed by atoms with E-state index < -0.39 is 0 Å². The minimum absolute atomic E-state index is 0.263. The second-order valence-electron chi connectivity index (χ2n) is 6.11. The molecule has 0 heterocycles. The van der Waals surface area contributed by atoms with Crippen LogP contribution in [0.25, 0.3) is 0 Å². The van der Waals surface area contributed by atoms with Crippen molar-refractivity contribution in [3.05, 3.63) is 87.0 Å². The minimum atomic E-state index is -0.272. The summed E-state index contributed by atoms with van der Waals surface area (Å²) in [7, 11) is 0. The fraction of sp³-hybridized carbons (Fsp3) is 0.182. The summed E-state index contributed by atoms with van der Waals surface area (Å²) < 4.78 is 38.7. The summed E-state index contributed by atoms with van der Waals surface area (Å²) in [5, 5.41) is 3.27. The molecular formula is C22H20F2INO2. The molecule has 28 heavy (non-hydrogen) atoms. The lowest BCUT2D eigenvalue weighted by Crippen LogP contribution is -2.05. The van der Waals surface area contributed by atoms with Gasteiger partial charge >= 0.3 is 0 Å². The van der Waals surface area contributed by atoms with Crippen molar-refractivity contribution in [2.24, 2.45) is 0 Å². The summed E-state index contributed by atoms with van der Waals surface area (Å²) in [6, 6.07) is 16.4. The molecule has 0 saturated heterocycles. The van der Waals surface area contributed by atoms with Crippen LogP contribution < -0.4 is 14.8 Å². The Kier molecular flexibility index (Phi) is 7.08. The molecule has 146 valence electrons. The molecule has 0 aliphatic carbocycles. The Bertz CT molecular complexity index is 915. The van der Waals surface area contributed by atoms with E-state index in [1.165, 1.54) is 24.3 Å². The van der Waals surface area contributed by atoms with Gasteiger partial charge in [0.15, 0.2) is 11.5 Å². The van der Waals surface area contributed by atoms with Gasteiger partial charge in [0.2, 0.25) is 0 Å². The lowest BCUT2D eigenvalue weighted by atomic mass is 10.2. The van der Waals surface area contributed by atoms with Crippen LogP contribution in [0.1, 0.15) is 18.1 Å². The molecule has 3 rings (SSSR count). The number of rotatable bonds is 8. The molecule has 0 fully saturated rings. The van der Waals surface area contributed by atoms with Gasteiger partial charge < -0.3 is 14.8 Å². The van der Waals surface area contributed by atoms with E-state index in [1.54, 1.807) is 24.3 Å². The van der Waals surface area contributed by atoms with E-state index in [2.05, 4.69) is 27.9 Å². The number of hydrogen-bond donors (Lipinski definition) is 1. The molecule has 0 spiro atoms. The van der Waals surface area contributed by atoms with Crippen molar-refractivity contribution >= 4 is 28.3 Å². The number of halogens is 3. The zero-order valence-corrected chi connectivity index (χ0v) is 17.5. The highest BCUT2D eigenvalue weighted by Crippen LogP contribution is 2.35. The van der Waals surface area contributed by atoms with E-state index in [9.17, 15) is 8.78 Å². The third-order valence-electron chi connectivity index (χ3n) is 4.01. The van der Waals surface area contributed by atoms with E-state index in [0.717, 1.165) is 20.4 Å². The summed E-state index contributed by atoms with van der Waals surface area (Å²) in [5.74, 6) is 0.789. The lowest BCUT2D eigenvalue weighted by Gasteiger charge is -2.16. The lowest BCUT2D eigenvalue weighted by molar-refractivity contribution is 0.267. The van der Waals surface area contributed by atoms with Crippen molar-refractivity contribution in [2.45, 2.75) is 20.1 Å². The summed E-state index contributed by atoms with van der Waals surface area (Å²) in [5.41, 5.74) is 2.74. The fourth-order valence-corrected chi connectivity index (χ4v) is 3.46. The molecule has 0 aliphatic rings. The smallest absolute Gasteiger partial charge is 0.174 e. The molecule has 0 unspecified atom stereocenters. The van der Waals surface area contributed by atoms with Gasteiger partial charge in [0.1, 0.15) is 18.2 Å². The van der Waals surface area contributed by atoms with Crippen LogP contribution in [0.2, 0.25) is 0 Å². The van der Waals surface area contributed by atoms with Crippen molar-refractivity contribution in [3.63, 3.8) is 0 Å². The van der Waals surface area contributed by atoms with Crippen molar-refractivity contribution in [1.82, 2.24) is 0 Å². The highest BCUT2D eigenvalue weighted by atomic mass is 127. The van der Waals surface area contributed by atoms with Gasteiger partial charge in [-0.3, -0.25) is 0 Å². The average molecular weight is 495 g/mol. The van der Waals surface area contributed by atoms with Gasteiger partial charge in [-0.15, -0.1) is 0 Å². The Labute approximate surface area is 176 Å². The van der Waals surface area contributed by atoms with Crippen molar-refractivity contribution in [1.29, 1.82) is 0 Å². The van der Waals surface area contributed by atoms with Gasteiger partial charge in [-0.2, -0.15) is 0 Å². The molecule has 3 aromatic carbocycles. The molecule has 0 radical (unpaired) electrons. The average Bonchev–Trinajstić information content (AvgIpc) is 2.68. The SMILES string of the molecule is CCOc1cc(CNc2ccc(F)cc2)cc(I)c1OCc1ccc(F)cc1. The molecule has 3 nitrogen and oxygen atoms in total. The molecule has 0 saturated carbocycles. The van der Waals surface area contributed by atoms with Crippen LogP contribution in [0.4, 0.5) is 14.5 Å². The quantitative estimate of drug-likeness (QED) is 0.380. The zero-order chi connectivity index (χ0) is 19.9. The van der Waals surface area contributed by atoms with Crippen molar-refractivity contribution < 1.29 is 18.3 Å². The Morgan fingerprint density at radius 2 is 1.50 bits per heavy atom. The van der Waals surface area contributed by atoms with Gasteiger partial charge in [-0.25, -0.2) is 8.78 Å². The fourth-order valence-electron chi connectivity index (χ4n) is 2.63. The zero-order valence-electron chi connectivity index (χ0n) is 15.3. The predicted molar refractivity (Wildman–Crippen MR) is 115 cm³/mol. The maximum Gasteiger partial charge on any atom is 0.174 e. The van der Waals surface area contributed by atoms with E-state index in [1.807, 2.05) is 19.1 Å². The van der Waals surface area contributed by atoms with Gasteiger partial charge in [0.05, 0.1) is 10.2 Å². The van der Waals surface area contributed by atoms with Gasteiger partial charge in [-0.05, 0) is 89.2 Å². The Hall–Kier alpha value is -2.35. The van der Waals surface area contributed by atoms with E-state index in [4.69, 9.17) is 9.47 Å². The standard InChI is InChI=1S/C22H20F2INO2/c1-2-27-21-12-16(13-26-19-9-7-18(24)8-10-19)11-20(25)22(21)28-14-15-3-5-17(23)6-4-15/h3-12,26H,2,13-14H2,1H3. The number of nitrogens with one attached hydrogen (secondary N) is 1. The van der Waals surface area contributed by atoms with Crippen LogP contribution >= 0.6 is 22.6 Å². The Morgan fingerprint density at radius 3 is 2.14 bits per heavy atom. The van der Waals surface area contributed by atoms with E-state index in [0.29, 0.717) is 31.3 Å². The summed E-state index contributed by atoms with van der Waals surface area (Å²) in [4.78, 5) is 0. The molecule has 0 atom stereocenters. The number of anilines is 1. The van der Waals surface area contributed by atoms with Crippen LogP contribution in [0.15, 0.2) is 60.7 Å².